The molecule has 1 unspecified atom stereocenters. The van der Waals surface area contributed by atoms with Crippen LogP contribution in [0.15, 0.2) is 43.2 Å². The summed E-state index contributed by atoms with van der Waals surface area (Å²) in [6.07, 6.45) is 8.14. The van der Waals surface area contributed by atoms with Gasteiger partial charge in [-0.15, -0.1) is 17.0 Å². The molecule has 16 heteroatoms. The lowest BCUT2D eigenvalue weighted by atomic mass is 10.5. The molecule has 3 aromatic rings. The smallest absolute Gasteiger partial charge is 0.170 e. The predicted molar refractivity (Wildman–Crippen MR) is 163 cm³/mol. The molecule has 0 aromatic carbocycles. The molecule has 0 saturated heterocycles. The van der Waals surface area contributed by atoms with E-state index in [9.17, 15) is 0 Å². The zero-order valence-corrected chi connectivity index (χ0v) is 29.6. The molecule has 3 heterocycles. The van der Waals surface area contributed by atoms with Gasteiger partial charge in [-0.1, -0.05) is 31.9 Å². The fourth-order valence-electron chi connectivity index (χ4n) is 1.28. The van der Waals surface area contributed by atoms with E-state index in [2.05, 4.69) is 116 Å². The van der Waals surface area contributed by atoms with Gasteiger partial charge in [-0.2, -0.15) is 0 Å². The summed E-state index contributed by atoms with van der Waals surface area (Å²) < 4.78 is 9.51. The van der Waals surface area contributed by atoms with Crippen molar-refractivity contribution in [2.24, 2.45) is 0 Å². The number of nitrogen functional groups attached to an aromatic ring is 1. The van der Waals surface area contributed by atoms with Crippen LogP contribution in [0.3, 0.4) is 0 Å². The number of halogens is 7. The summed E-state index contributed by atoms with van der Waals surface area (Å²) in [6, 6.07) is 0. The zero-order chi connectivity index (χ0) is 25.8. The summed E-state index contributed by atoms with van der Waals surface area (Å²) in [5, 5.41) is 8.94. The molecule has 0 radical (unpaired) electrons. The summed E-state index contributed by atoms with van der Waals surface area (Å²) in [6.45, 7) is 3.94. The number of carbonyl (C=O) groups excluding carboxylic acids is 1. The molecule has 0 bridgehead atoms. The second-order valence-electron chi connectivity index (χ2n) is 5.22. The topological polar surface area (TPSA) is 129 Å². The molecule has 3 N–H and O–H groups in total. The Kier molecular flexibility index (Phi) is 28.8. The number of nitrogens with zero attached hydrogens (tertiary/aromatic N) is 5. The van der Waals surface area contributed by atoms with Crippen molar-refractivity contribution in [1.82, 2.24) is 24.3 Å². The molecular formula is C18H25Br7N6O3. The van der Waals surface area contributed by atoms with Gasteiger partial charge in [0.2, 0.25) is 0 Å². The largest absolute Gasteiger partial charge is 0.397 e. The van der Waals surface area contributed by atoms with Gasteiger partial charge in [0.05, 0.1) is 17.6 Å². The molecule has 3 rings (SSSR count). The molecule has 0 fully saturated rings. The lowest BCUT2D eigenvalue weighted by Crippen LogP contribution is -2.04. The summed E-state index contributed by atoms with van der Waals surface area (Å²) in [5.74, 6) is 0.401. The Balaban J connectivity index is -0.000000380. The van der Waals surface area contributed by atoms with E-state index in [0.717, 1.165) is 26.5 Å². The normalized spacial score (nSPS) is 9.82. The van der Waals surface area contributed by atoms with Gasteiger partial charge in [0.25, 0.3) is 0 Å². The number of aliphatic hydroxyl groups is 1. The van der Waals surface area contributed by atoms with Crippen LogP contribution in [0.1, 0.15) is 13.8 Å². The number of anilines is 1. The minimum Gasteiger partial charge on any atom is -0.397 e. The molecule has 0 aliphatic carbocycles. The average molecular weight is 933 g/mol. The maximum absolute atomic E-state index is 9.13. The first-order chi connectivity index (χ1) is 15.6. The van der Waals surface area contributed by atoms with E-state index in [0.29, 0.717) is 26.5 Å². The lowest BCUT2D eigenvalue weighted by Gasteiger charge is -2.00. The van der Waals surface area contributed by atoms with Gasteiger partial charge < -0.3 is 24.8 Å². The van der Waals surface area contributed by atoms with E-state index in [1.54, 1.807) is 26.4 Å². The highest BCUT2D eigenvalue weighted by molar-refractivity contribution is 9.11. The molecular weight excluding hydrogens is 908 g/mol. The van der Waals surface area contributed by atoms with Crippen molar-refractivity contribution >= 4 is 130 Å². The monoisotopic (exact) mass is 926 g/mol. The third-order valence-corrected chi connectivity index (χ3v) is 5.77. The van der Waals surface area contributed by atoms with Crippen LogP contribution in [0.5, 0.6) is 0 Å². The van der Waals surface area contributed by atoms with Gasteiger partial charge in [-0.3, -0.25) is 0 Å². The van der Waals surface area contributed by atoms with E-state index in [1.807, 2.05) is 23.7 Å². The highest BCUT2D eigenvalue weighted by Crippen LogP contribution is 2.17. The lowest BCUT2D eigenvalue weighted by molar-refractivity contribution is -0.105. The van der Waals surface area contributed by atoms with Crippen molar-refractivity contribution in [3.63, 3.8) is 0 Å². The van der Waals surface area contributed by atoms with Crippen LogP contribution < -0.4 is 5.73 Å². The molecule has 1 atom stereocenters. The number of fused-ring (bicyclic) bond motifs is 1. The van der Waals surface area contributed by atoms with Gasteiger partial charge in [-0.25, -0.2) is 19.9 Å². The van der Waals surface area contributed by atoms with Crippen molar-refractivity contribution in [3.8, 4) is 0 Å². The minimum absolute atomic E-state index is 0. The maximum atomic E-state index is 9.13. The summed E-state index contributed by atoms with van der Waals surface area (Å²) in [4.78, 5) is 25.1. The minimum atomic E-state index is 0. The molecule has 0 saturated carbocycles. The molecule has 9 nitrogen and oxygen atoms in total. The first kappa shape index (κ1) is 39.0. The Morgan fingerprint density at radius 2 is 1.68 bits per heavy atom. The molecule has 34 heavy (non-hydrogen) atoms. The zero-order valence-electron chi connectivity index (χ0n) is 18.3. The van der Waals surface area contributed by atoms with Crippen molar-refractivity contribution in [2.45, 2.75) is 20.0 Å². The SMILES string of the molecule is Br.Brc1cn2ccnc2c(Br)n1.CCO.COC(C)CBr.Nc1ncc(Br)nc1Br.O=CCBr. The molecule has 0 aliphatic rings. The predicted octanol–water partition coefficient (Wildman–Crippen LogP) is 6.41. The Bertz CT molecular complexity index is 917. The Morgan fingerprint density at radius 1 is 1.15 bits per heavy atom. The summed E-state index contributed by atoms with van der Waals surface area (Å²) >= 11 is 19.0. The summed E-state index contributed by atoms with van der Waals surface area (Å²) in [5.41, 5.74) is 6.17. The van der Waals surface area contributed by atoms with Gasteiger partial charge in [-0.05, 0) is 77.6 Å². The first-order valence-corrected chi connectivity index (χ1v) is 14.3. The van der Waals surface area contributed by atoms with Crippen LogP contribution in [0.2, 0.25) is 0 Å². The Hall–Kier alpha value is 0.450. The fourth-order valence-corrected chi connectivity index (χ4v) is 3.49. The molecule has 194 valence electrons. The third kappa shape index (κ3) is 19.6. The number of methoxy groups -OCH3 is 1. The van der Waals surface area contributed by atoms with Gasteiger partial charge in [0.15, 0.2) is 16.1 Å². The summed E-state index contributed by atoms with van der Waals surface area (Å²) in [7, 11) is 1.70. The van der Waals surface area contributed by atoms with Crippen LogP contribution in [-0.4, -0.2) is 66.2 Å². The number of hydrogen-bond acceptors (Lipinski definition) is 8. The van der Waals surface area contributed by atoms with Crippen molar-refractivity contribution in [2.75, 3.05) is 30.1 Å². The maximum Gasteiger partial charge on any atom is 0.170 e. The van der Waals surface area contributed by atoms with Crippen molar-refractivity contribution in [3.05, 3.63) is 43.2 Å². The molecule has 0 aliphatic heterocycles. The standard InChI is InChI=1S/C6H3Br2N3.C4H3Br2N3.C4H9BrO.C2H3BrO.C2H6O.BrH/c7-4-3-11-2-1-9-6(11)5(8)10-4;5-2-1-8-4(7)3(6)9-2;1-4(3-5)6-2;3-1-2-4;1-2-3;/h1-3H;1H,(H2,7,8);4H,3H2,1-2H3;2H,1H2;3H,2H2,1H3;1H. The average Bonchev–Trinajstić information content (AvgIpc) is 3.26. The van der Waals surface area contributed by atoms with E-state index in [1.165, 1.54) is 0 Å². The number of nitrogens with two attached hydrogens (primary N) is 1. The van der Waals surface area contributed by atoms with Crippen LogP contribution in [0.25, 0.3) is 5.65 Å². The second kappa shape index (κ2) is 25.1. The van der Waals surface area contributed by atoms with Crippen molar-refractivity contribution < 1.29 is 14.6 Å². The highest BCUT2D eigenvalue weighted by Gasteiger charge is 2.01. The molecule has 3 aromatic heterocycles. The number of carbonyl (C=O) groups is 1. The van der Waals surface area contributed by atoms with Crippen LogP contribution in [-0.2, 0) is 9.53 Å². The van der Waals surface area contributed by atoms with E-state index < -0.39 is 0 Å². The number of hydrogen-bond donors (Lipinski definition) is 2. The van der Waals surface area contributed by atoms with E-state index >= 15 is 0 Å². The highest BCUT2D eigenvalue weighted by atomic mass is 79.9. The van der Waals surface area contributed by atoms with Gasteiger partial charge >= 0.3 is 0 Å². The van der Waals surface area contributed by atoms with Crippen LogP contribution in [0, 0.1) is 0 Å². The van der Waals surface area contributed by atoms with Crippen LogP contribution in [0.4, 0.5) is 5.82 Å². The second-order valence-corrected chi connectivity index (χ2v) is 9.64. The third-order valence-electron chi connectivity index (χ3n) is 2.71. The number of aliphatic hydroxyl groups excluding tert-OH is 1. The Morgan fingerprint density at radius 3 is 2.06 bits per heavy atom. The van der Waals surface area contributed by atoms with Gasteiger partial charge in [0, 0.05) is 37.6 Å². The number of imidazole rings is 1. The molecule has 0 spiro atoms. The van der Waals surface area contributed by atoms with E-state index in [-0.39, 0.29) is 23.6 Å². The molecule has 0 amide bonds. The Labute approximate surface area is 260 Å². The number of rotatable bonds is 3. The number of aromatic nitrogens is 5. The first-order valence-electron chi connectivity index (χ1n) is 8.88. The van der Waals surface area contributed by atoms with Gasteiger partial charge in [0.1, 0.15) is 20.1 Å². The van der Waals surface area contributed by atoms with Crippen LogP contribution >= 0.6 is 113 Å². The quantitative estimate of drug-likeness (QED) is 0.228. The van der Waals surface area contributed by atoms with E-state index in [4.69, 9.17) is 20.4 Å². The number of ether oxygens (including phenoxy) is 1. The van der Waals surface area contributed by atoms with Crippen molar-refractivity contribution in [1.29, 1.82) is 0 Å². The fraction of sp³-hybridized carbons (Fsp3) is 0.389. The number of aldehydes is 1. The number of alkyl halides is 2.